The van der Waals surface area contributed by atoms with Crippen LogP contribution in [0.1, 0.15) is 12.6 Å². The molecule has 1 heterocycles. The first-order valence-corrected chi connectivity index (χ1v) is 5.77. The van der Waals surface area contributed by atoms with Gasteiger partial charge in [0, 0.05) is 19.3 Å². The number of aromatic nitrogens is 3. The molecule has 1 rings (SSSR count). The quantitative estimate of drug-likeness (QED) is 0.795. The van der Waals surface area contributed by atoms with Crippen LogP contribution in [0.25, 0.3) is 0 Å². The van der Waals surface area contributed by atoms with Crippen LogP contribution in [-0.4, -0.2) is 52.8 Å². The first-order chi connectivity index (χ1) is 8.44. The number of likely N-dealkylation sites (N-methyl/N-ethyl adjacent to an activating group) is 1. The maximum atomic E-state index is 12.2. The van der Waals surface area contributed by atoms with E-state index in [9.17, 15) is 13.2 Å². The molecule has 8 heteroatoms. The van der Waals surface area contributed by atoms with Crippen LogP contribution >= 0.6 is 0 Å². The molecule has 0 bridgehead atoms. The molecule has 18 heavy (non-hydrogen) atoms. The van der Waals surface area contributed by atoms with E-state index in [2.05, 4.69) is 15.6 Å². The van der Waals surface area contributed by atoms with Gasteiger partial charge < -0.3 is 5.32 Å². The van der Waals surface area contributed by atoms with Crippen molar-refractivity contribution in [1.82, 2.24) is 25.2 Å². The van der Waals surface area contributed by atoms with E-state index < -0.39 is 12.7 Å². The van der Waals surface area contributed by atoms with Gasteiger partial charge in [0.25, 0.3) is 0 Å². The van der Waals surface area contributed by atoms with Crippen molar-refractivity contribution in [3.63, 3.8) is 0 Å². The molecule has 5 nitrogen and oxygen atoms in total. The fourth-order valence-corrected chi connectivity index (χ4v) is 1.56. The summed E-state index contributed by atoms with van der Waals surface area (Å²) >= 11 is 0. The minimum absolute atomic E-state index is 0.304. The van der Waals surface area contributed by atoms with Gasteiger partial charge in [0.05, 0.1) is 18.8 Å². The standard InChI is InChI=1S/C10H18F3N5/c1-3-17(8-10(11,12)13)4-5-18-7-9(6-14-2)15-16-18/h7,14H,3-6,8H2,1-2H3. The average Bonchev–Trinajstić information content (AvgIpc) is 2.71. The Labute approximate surface area is 104 Å². The third-order valence-electron chi connectivity index (χ3n) is 2.44. The van der Waals surface area contributed by atoms with Gasteiger partial charge in [-0.3, -0.25) is 9.58 Å². The van der Waals surface area contributed by atoms with E-state index in [-0.39, 0.29) is 0 Å². The minimum atomic E-state index is -4.16. The Morgan fingerprint density at radius 2 is 2.17 bits per heavy atom. The molecule has 0 saturated heterocycles. The predicted molar refractivity (Wildman–Crippen MR) is 61.0 cm³/mol. The Bertz CT molecular complexity index is 350. The maximum absolute atomic E-state index is 12.2. The number of hydrogen-bond donors (Lipinski definition) is 1. The molecule has 0 spiro atoms. The van der Waals surface area contributed by atoms with Crippen LogP contribution < -0.4 is 5.32 Å². The molecule has 0 saturated carbocycles. The maximum Gasteiger partial charge on any atom is 0.401 e. The molecule has 0 aliphatic heterocycles. The molecule has 0 atom stereocenters. The van der Waals surface area contributed by atoms with Gasteiger partial charge in [-0.1, -0.05) is 12.1 Å². The van der Waals surface area contributed by atoms with Crippen LogP contribution in [-0.2, 0) is 13.1 Å². The van der Waals surface area contributed by atoms with E-state index in [0.29, 0.717) is 26.2 Å². The van der Waals surface area contributed by atoms with Crippen LogP contribution in [0.15, 0.2) is 6.20 Å². The van der Waals surface area contributed by atoms with E-state index in [1.54, 1.807) is 24.9 Å². The van der Waals surface area contributed by atoms with Gasteiger partial charge in [0.15, 0.2) is 0 Å². The zero-order valence-electron chi connectivity index (χ0n) is 10.5. The fourth-order valence-electron chi connectivity index (χ4n) is 1.56. The van der Waals surface area contributed by atoms with E-state index in [1.165, 1.54) is 4.90 Å². The highest BCUT2D eigenvalue weighted by Gasteiger charge is 2.29. The van der Waals surface area contributed by atoms with Crippen molar-refractivity contribution in [2.24, 2.45) is 0 Å². The van der Waals surface area contributed by atoms with Crippen LogP contribution in [0.3, 0.4) is 0 Å². The molecule has 1 N–H and O–H groups in total. The third-order valence-corrected chi connectivity index (χ3v) is 2.44. The summed E-state index contributed by atoms with van der Waals surface area (Å²) in [4.78, 5) is 1.33. The van der Waals surface area contributed by atoms with Crippen molar-refractivity contribution in [2.45, 2.75) is 26.2 Å². The van der Waals surface area contributed by atoms with Crippen molar-refractivity contribution in [3.05, 3.63) is 11.9 Å². The van der Waals surface area contributed by atoms with E-state index in [1.807, 2.05) is 0 Å². The van der Waals surface area contributed by atoms with Gasteiger partial charge in [0.2, 0.25) is 0 Å². The summed E-state index contributed by atoms with van der Waals surface area (Å²) in [7, 11) is 1.79. The lowest BCUT2D eigenvalue weighted by Crippen LogP contribution is -2.36. The van der Waals surface area contributed by atoms with Crippen LogP contribution in [0.4, 0.5) is 13.2 Å². The van der Waals surface area contributed by atoms with E-state index >= 15 is 0 Å². The summed E-state index contributed by atoms with van der Waals surface area (Å²) in [6.45, 7) is 2.48. The molecule has 0 aliphatic rings. The topological polar surface area (TPSA) is 46.0 Å². The molecule has 0 fully saturated rings. The molecule has 104 valence electrons. The van der Waals surface area contributed by atoms with Crippen molar-refractivity contribution in [2.75, 3.05) is 26.7 Å². The third kappa shape index (κ3) is 5.46. The molecule has 0 radical (unpaired) electrons. The van der Waals surface area contributed by atoms with Crippen molar-refractivity contribution >= 4 is 0 Å². The largest absolute Gasteiger partial charge is 0.401 e. The smallest absolute Gasteiger partial charge is 0.314 e. The zero-order chi connectivity index (χ0) is 13.6. The second-order valence-electron chi connectivity index (χ2n) is 3.99. The summed E-state index contributed by atoms with van der Waals surface area (Å²) in [6.07, 6.45) is -2.42. The second-order valence-corrected chi connectivity index (χ2v) is 3.99. The highest BCUT2D eigenvalue weighted by atomic mass is 19.4. The average molecular weight is 265 g/mol. The fraction of sp³-hybridized carbons (Fsp3) is 0.800. The molecule has 0 aliphatic carbocycles. The minimum Gasteiger partial charge on any atom is -0.314 e. The van der Waals surface area contributed by atoms with Gasteiger partial charge in [-0.05, 0) is 13.6 Å². The SMILES string of the molecule is CCN(CCn1cc(CNC)nn1)CC(F)(F)F. The van der Waals surface area contributed by atoms with Crippen LogP contribution in [0.5, 0.6) is 0 Å². The first-order valence-electron chi connectivity index (χ1n) is 5.77. The Hall–Kier alpha value is -1.15. The summed E-state index contributed by atoms with van der Waals surface area (Å²) in [5.74, 6) is 0. The Kier molecular flexibility index (Phi) is 5.54. The Morgan fingerprint density at radius 1 is 1.44 bits per heavy atom. The molecular formula is C10H18F3N5. The normalized spacial score (nSPS) is 12.3. The zero-order valence-corrected chi connectivity index (χ0v) is 10.5. The summed E-state index contributed by atoms with van der Waals surface area (Å²) in [6, 6.07) is 0. The molecular weight excluding hydrogens is 247 g/mol. The second kappa shape index (κ2) is 6.69. The van der Waals surface area contributed by atoms with Gasteiger partial charge in [-0.15, -0.1) is 5.10 Å². The number of alkyl halides is 3. The van der Waals surface area contributed by atoms with Crippen LogP contribution in [0.2, 0.25) is 0 Å². The lowest BCUT2D eigenvalue weighted by molar-refractivity contribution is -0.145. The van der Waals surface area contributed by atoms with E-state index in [0.717, 1.165) is 5.69 Å². The summed E-state index contributed by atoms with van der Waals surface area (Å²) in [5, 5.41) is 10.7. The molecule has 1 aromatic heterocycles. The number of halogens is 3. The van der Waals surface area contributed by atoms with E-state index in [4.69, 9.17) is 0 Å². The predicted octanol–water partition coefficient (Wildman–Crippen LogP) is 0.882. The monoisotopic (exact) mass is 265 g/mol. The molecule has 0 aromatic carbocycles. The van der Waals surface area contributed by atoms with Gasteiger partial charge in [-0.2, -0.15) is 13.2 Å². The van der Waals surface area contributed by atoms with Gasteiger partial charge in [0.1, 0.15) is 0 Å². The summed E-state index contributed by atoms with van der Waals surface area (Å²) in [5.41, 5.74) is 0.774. The van der Waals surface area contributed by atoms with Gasteiger partial charge in [-0.25, -0.2) is 0 Å². The Balaban J connectivity index is 2.41. The Morgan fingerprint density at radius 3 is 2.72 bits per heavy atom. The summed E-state index contributed by atoms with van der Waals surface area (Å²) < 4.78 is 38.3. The number of nitrogens with zero attached hydrogens (tertiary/aromatic N) is 4. The van der Waals surface area contributed by atoms with Gasteiger partial charge >= 0.3 is 6.18 Å². The van der Waals surface area contributed by atoms with Crippen molar-refractivity contribution in [1.29, 1.82) is 0 Å². The van der Waals surface area contributed by atoms with Crippen LogP contribution in [0, 0.1) is 0 Å². The lowest BCUT2D eigenvalue weighted by Gasteiger charge is -2.21. The number of nitrogens with one attached hydrogen (secondary N) is 1. The first kappa shape index (κ1) is 14.9. The number of hydrogen-bond acceptors (Lipinski definition) is 4. The highest BCUT2D eigenvalue weighted by molar-refractivity contribution is 4.91. The molecule has 0 unspecified atom stereocenters. The lowest BCUT2D eigenvalue weighted by atomic mass is 10.4. The molecule has 1 aromatic rings. The van der Waals surface area contributed by atoms with Crippen molar-refractivity contribution in [3.8, 4) is 0 Å². The highest BCUT2D eigenvalue weighted by Crippen LogP contribution is 2.16. The molecule has 0 amide bonds. The van der Waals surface area contributed by atoms with Crippen molar-refractivity contribution < 1.29 is 13.2 Å². The number of rotatable bonds is 7.